The quantitative estimate of drug-likeness (QED) is 0.855. The monoisotopic (exact) mass is 316 g/mol. The van der Waals surface area contributed by atoms with Crippen molar-refractivity contribution < 1.29 is 4.79 Å². The number of carbonyl (C=O) groups excluding carboxylic acids is 1. The van der Waals surface area contributed by atoms with E-state index in [-0.39, 0.29) is 6.03 Å². The molecule has 0 spiro atoms. The largest absolute Gasteiger partial charge is 0.322 e. The zero-order valence-electron chi connectivity index (χ0n) is 12.1. The van der Waals surface area contributed by atoms with Crippen molar-refractivity contribution in [3.63, 3.8) is 0 Å². The molecule has 1 saturated carbocycles. The van der Waals surface area contributed by atoms with Crippen molar-refractivity contribution in [2.45, 2.75) is 18.9 Å². The fourth-order valence-electron chi connectivity index (χ4n) is 2.30. The van der Waals surface area contributed by atoms with Crippen molar-refractivity contribution in [2.75, 3.05) is 11.9 Å². The molecule has 0 unspecified atom stereocenters. The number of rotatable bonds is 5. The molecular weight excluding hydrogens is 300 g/mol. The van der Waals surface area contributed by atoms with Crippen LogP contribution in [0.4, 0.5) is 10.5 Å². The van der Waals surface area contributed by atoms with E-state index in [4.69, 9.17) is 11.6 Å². The Kier molecular flexibility index (Phi) is 4.15. The third-order valence-electron chi connectivity index (χ3n) is 3.52. The smallest absolute Gasteiger partial charge is 0.318 e. The number of amides is 2. The summed E-state index contributed by atoms with van der Waals surface area (Å²) < 4.78 is 1.68. The van der Waals surface area contributed by atoms with Crippen LogP contribution in [0.2, 0.25) is 5.02 Å². The maximum atomic E-state index is 12.3. The van der Waals surface area contributed by atoms with Crippen molar-refractivity contribution in [1.82, 2.24) is 14.7 Å². The third kappa shape index (κ3) is 3.14. The van der Waals surface area contributed by atoms with Crippen LogP contribution in [-0.4, -0.2) is 33.3 Å². The third-order valence-corrected chi connectivity index (χ3v) is 3.83. The Morgan fingerprint density at radius 1 is 1.55 bits per heavy atom. The molecule has 1 aromatic heterocycles. The Morgan fingerprint density at radius 2 is 2.36 bits per heavy atom. The van der Waals surface area contributed by atoms with E-state index >= 15 is 0 Å². The molecule has 1 heterocycles. The van der Waals surface area contributed by atoms with Gasteiger partial charge in [-0.2, -0.15) is 5.10 Å². The summed E-state index contributed by atoms with van der Waals surface area (Å²) in [6, 6.07) is 7.42. The number of anilines is 1. The number of hydrogen-bond donors (Lipinski definition) is 1. The zero-order chi connectivity index (χ0) is 15.5. The second-order valence-corrected chi connectivity index (χ2v) is 5.63. The molecule has 6 heteroatoms. The van der Waals surface area contributed by atoms with Crippen LogP contribution in [0.1, 0.15) is 12.8 Å². The number of halogens is 1. The molecule has 5 nitrogen and oxygen atoms in total. The maximum Gasteiger partial charge on any atom is 0.322 e. The summed E-state index contributed by atoms with van der Waals surface area (Å²) in [7, 11) is 0. The van der Waals surface area contributed by atoms with Crippen molar-refractivity contribution in [3.05, 3.63) is 54.3 Å². The molecule has 0 saturated heterocycles. The molecule has 2 aromatic rings. The Hall–Kier alpha value is -2.27. The number of hydrogen-bond acceptors (Lipinski definition) is 2. The van der Waals surface area contributed by atoms with Gasteiger partial charge in [0.25, 0.3) is 0 Å². The van der Waals surface area contributed by atoms with Crippen LogP contribution in [0.3, 0.4) is 0 Å². The van der Waals surface area contributed by atoms with Gasteiger partial charge < -0.3 is 10.2 Å². The van der Waals surface area contributed by atoms with Gasteiger partial charge in [-0.3, -0.25) is 0 Å². The molecule has 3 rings (SSSR count). The average molecular weight is 317 g/mol. The van der Waals surface area contributed by atoms with E-state index in [1.807, 2.05) is 24.4 Å². The highest BCUT2D eigenvalue weighted by Crippen LogP contribution is 2.28. The molecule has 1 aromatic carbocycles. The van der Waals surface area contributed by atoms with Gasteiger partial charge in [0.2, 0.25) is 0 Å². The molecule has 22 heavy (non-hydrogen) atoms. The molecule has 1 N–H and O–H groups in total. The highest BCUT2D eigenvalue weighted by molar-refractivity contribution is 6.32. The van der Waals surface area contributed by atoms with Crippen LogP contribution >= 0.6 is 11.6 Å². The number of urea groups is 1. The van der Waals surface area contributed by atoms with E-state index in [9.17, 15) is 4.79 Å². The van der Waals surface area contributed by atoms with E-state index in [1.165, 1.54) is 0 Å². The summed E-state index contributed by atoms with van der Waals surface area (Å²) in [5, 5.41) is 7.56. The summed E-state index contributed by atoms with van der Waals surface area (Å²) in [6.45, 7) is 4.25. The van der Waals surface area contributed by atoms with E-state index in [1.54, 1.807) is 27.9 Å². The molecule has 0 aliphatic heterocycles. The van der Waals surface area contributed by atoms with Crippen molar-refractivity contribution in [1.29, 1.82) is 0 Å². The summed E-state index contributed by atoms with van der Waals surface area (Å²) in [4.78, 5) is 14.1. The van der Waals surface area contributed by atoms with Gasteiger partial charge in [-0.15, -0.1) is 6.58 Å². The molecule has 1 aliphatic rings. The van der Waals surface area contributed by atoms with E-state index < -0.39 is 0 Å². The molecule has 2 amide bonds. The van der Waals surface area contributed by atoms with Gasteiger partial charge in [0.05, 0.1) is 10.7 Å². The minimum Gasteiger partial charge on any atom is -0.318 e. The van der Waals surface area contributed by atoms with E-state index in [2.05, 4.69) is 17.0 Å². The minimum absolute atomic E-state index is 0.120. The lowest BCUT2D eigenvalue weighted by Gasteiger charge is -2.21. The Bertz CT molecular complexity index is 679. The van der Waals surface area contributed by atoms with Crippen LogP contribution < -0.4 is 5.32 Å². The summed E-state index contributed by atoms with van der Waals surface area (Å²) >= 11 is 6.28. The first-order chi connectivity index (χ1) is 10.7. The Balaban J connectivity index is 1.74. The highest BCUT2D eigenvalue weighted by atomic mass is 35.5. The molecule has 1 fully saturated rings. The van der Waals surface area contributed by atoms with Gasteiger partial charge >= 0.3 is 6.03 Å². The number of benzene rings is 1. The van der Waals surface area contributed by atoms with Gasteiger partial charge in [-0.25, -0.2) is 9.48 Å². The molecule has 0 bridgehead atoms. The topological polar surface area (TPSA) is 50.2 Å². The fraction of sp³-hybridized carbons (Fsp3) is 0.250. The first-order valence-electron chi connectivity index (χ1n) is 7.17. The zero-order valence-corrected chi connectivity index (χ0v) is 12.8. The summed E-state index contributed by atoms with van der Waals surface area (Å²) in [5.41, 5.74) is 1.44. The van der Waals surface area contributed by atoms with Crippen molar-refractivity contribution in [2.24, 2.45) is 0 Å². The van der Waals surface area contributed by atoms with Gasteiger partial charge in [-0.1, -0.05) is 17.7 Å². The second-order valence-electron chi connectivity index (χ2n) is 5.22. The Morgan fingerprint density at radius 3 is 2.95 bits per heavy atom. The average Bonchev–Trinajstić information content (AvgIpc) is 3.19. The standard InChI is InChI=1S/C16H17ClN4O/c1-2-9-20(13-5-6-13)16(22)19-12-4-7-15(14(17)11-12)21-10-3-8-18-21/h2-4,7-8,10-11,13H,1,5-6,9H2,(H,19,22). The maximum absolute atomic E-state index is 12.3. The Labute approximate surface area is 134 Å². The number of nitrogens with one attached hydrogen (secondary N) is 1. The fourth-order valence-corrected chi connectivity index (χ4v) is 2.57. The predicted molar refractivity (Wildman–Crippen MR) is 87.5 cm³/mol. The van der Waals surface area contributed by atoms with Crippen LogP contribution in [-0.2, 0) is 0 Å². The lowest BCUT2D eigenvalue weighted by molar-refractivity contribution is 0.215. The highest BCUT2D eigenvalue weighted by Gasteiger charge is 2.31. The molecule has 0 radical (unpaired) electrons. The first-order valence-corrected chi connectivity index (χ1v) is 7.55. The van der Waals surface area contributed by atoms with Gasteiger partial charge in [0.1, 0.15) is 0 Å². The second kappa shape index (κ2) is 6.23. The molecular formula is C16H17ClN4O. The molecule has 1 aliphatic carbocycles. The van der Waals surface area contributed by atoms with Gasteiger partial charge in [0.15, 0.2) is 0 Å². The van der Waals surface area contributed by atoms with E-state index in [0.29, 0.717) is 23.3 Å². The van der Waals surface area contributed by atoms with Crippen LogP contribution in [0.25, 0.3) is 5.69 Å². The normalized spacial score (nSPS) is 13.7. The van der Waals surface area contributed by atoms with Gasteiger partial charge in [0, 0.05) is 30.7 Å². The first kappa shape index (κ1) is 14.7. The molecule has 0 atom stereocenters. The van der Waals surface area contributed by atoms with Crippen LogP contribution in [0.15, 0.2) is 49.3 Å². The van der Waals surface area contributed by atoms with Crippen molar-refractivity contribution >= 4 is 23.3 Å². The minimum atomic E-state index is -0.120. The predicted octanol–water partition coefficient (Wildman–Crippen LogP) is 3.71. The van der Waals surface area contributed by atoms with Crippen molar-refractivity contribution in [3.8, 4) is 5.69 Å². The lowest BCUT2D eigenvalue weighted by atomic mass is 10.3. The molecule has 114 valence electrons. The summed E-state index contributed by atoms with van der Waals surface area (Å²) in [6.07, 6.45) is 7.36. The number of nitrogens with zero attached hydrogens (tertiary/aromatic N) is 3. The SMILES string of the molecule is C=CCN(C(=O)Nc1ccc(-n2cccn2)c(Cl)c1)C1CC1. The van der Waals surface area contributed by atoms with Gasteiger partial charge in [-0.05, 0) is 37.1 Å². The van der Waals surface area contributed by atoms with E-state index in [0.717, 1.165) is 18.5 Å². The number of carbonyl (C=O) groups is 1. The number of aromatic nitrogens is 2. The summed E-state index contributed by atoms with van der Waals surface area (Å²) in [5.74, 6) is 0. The lowest BCUT2D eigenvalue weighted by Crippen LogP contribution is -2.36. The van der Waals surface area contributed by atoms with Crippen LogP contribution in [0, 0.1) is 0 Å². The van der Waals surface area contributed by atoms with Crippen LogP contribution in [0.5, 0.6) is 0 Å².